The van der Waals surface area contributed by atoms with Crippen LogP contribution in [0, 0.1) is 26.7 Å². The molecule has 1 atom stereocenters. The van der Waals surface area contributed by atoms with Crippen molar-refractivity contribution in [2.75, 3.05) is 6.61 Å². The molecule has 1 rings (SSSR count). The zero-order chi connectivity index (χ0) is 16.2. The smallest absolute Gasteiger partial charge is 0.326 e. The van der Waals surface area contributed by atoms with Gasteiger partial charge in [0.1, 0.15) is 11.8 Å². The van der Waals surface area contributed by atoms with Crippen LogP contribution in [0.1, 0.15) is 30.5 Å². The van der Waals surface area contributed by atoms with Gasteiger partial charge in [0.05, 0.1) is 0 Å². The molecule has 2 N–H and O–H groups in total. The summed E-state index contributed by atoms with van der Waals surface area (Å²) in [5.41, 5.74) is 3.13. The fourth-order valence-corrected chi connectivity index (χ4v) is 2.02. The Bertz CT molecular complexity index is 537. The van der Waals surface area contributed by atoms with Crippen LogP contribution in [0.25, 0.3) is 0 Å². The zero-order valence-corrected chi connectivity index (χ0v) is 13.2. The van der Waals surface area contributed by atoms with Gasteiger partial charge in [0.2, 0.25) is 0 Å². The molecule has 5 nitrogen and oxygen atoms in total. The van der Waals surface area contributed by atoms with Crippen molar-refractivity contribution in [1.82, 2.24) is 5.32 Å². The summed E-state index contributed by atoms with van der Waals surface area (Å²) in [5.74, 6) is -1.01. The van der Waals surface area contributed by atoms with Crippen LogP contribution in [-0.4, -0.2) is 29.6 Å². The van der Waals surface area contributed by atoms with Gasteiger partial charge in [0.15, 0.2) is 6.61 Å². The van der Waals surface area contributed by atoms with E-state index in [1.807, 2.05) is 32.9 Å². The van der Waals surface area contributed by atoms with Gasteiger partial charge < -0.3 is 15.2 Å². The van der Waals surface area contributed by atoms with Crippen LogP contribution in [0.4, 0.5) is 0 Å². The molecule has 1 aromatic rings. The van der Waals surface area contributed by atoms with Crippen molar-refractivity contribution in [3.8, 4) is 5.75 Å². The van der Waals surface area contributed by atoms with Gasteiger partial charge in [0.25, 0.3) is 5.91 Å². The highest BCUT2D eigenvalue weighted by Crippen LogP contribution is 2.23. The molecule has 1 aromatic carbocycles. The molecule has 21 heavy (non-hydrogen) atoms. The Morgan fingerprint density at radius 3 is 2.38 bits per heavy atom. The zero-order valence-electron chi connectivity index (χ0n) is 13.2. The Balaban J connectivity index is 2.67. The minimum absolute atomic E-state index is 0.186. The topological polar surface area (TPSA) is 75.6 Å². The first kappa shape index (κ1) is 17.0. The Morgan fingerprint density at radius 1 is 1.24 bits per heavy atom. The molecule has 0 heterocycles. The number of carbonyl (C=O) groups excluding carboxylic acids is 1. The van der Waals surface area contributed by atoms with Crippen LogP contribution < -0.4 is 10.1 Å². The van der Waals surface area contributed by atoms with E-state index in [9.17, 15) is 9.59 Å². The van der Waals surface area contributed by atoms with E-state index in [-0.39, 0.29) is 12.5 Å². The van der Waals surface area contributed by atoms with Crippen LogP contribution in [0.2, 0.25) is 0 Å². The Kier molecular flexibility index (Phi) is 5.76. The predicted molar refractivity (Wildman–Crippen MR) is 80.6 cm³/mol. The number of benzene rings is 1. The van der Waals surface area contributed by atoms with E-state index in [0.29, 0.717) is 5.75 Å². The molecule has 116 valence electrons. The highest BCUT2D eigenvalue weighted by molar-refractivity contribution is 5.84. The predicted octanol–water partition coefficient (Wildman–Crippen LogP) is 2.22. The number of rotatable bonds is 6. The molecule has 5 heteroatoms. The number of hydrogen-bond donors (Lipinski definition) is 2. The van der Waals surface area contributed by atoms with Crippen molar-refractivity contribution in [2.45, 2.75) is 40.7 Å². The van der Waals surface area contributed by atoms with Gasteiger partial charge in [-0.2, -0.15) is 0 Å². The summed E-state index contributed by atoms with van der Waals surface area (Å²) in [5, 5.41) is 11.5. The normalized spacial score (nSPS) is 12.1. The lowest BCUT2D eigenvalue weighted by atomic mass is 10.0. The molecule has 0 saturated carbocycles. The van der Waals surface area contributed by atoms with E-state index in [0.717, 1.165) is 16.7 Å². The molecule has 0 unspecified atom stereocenters. The minimum atomic E-state index is -1.04. The first-order valence-electron chi connectivity index (χ1n) is 6.95. The molecular weight excluding hydrogens is 270 g/mol. The maximum atomic E-state index is 11.8. The summed E-state index contributed by atoms with van der Waals surface area (Å²) >= 11 is 0. The first-order chi connectivity index (χ1) is 9.72. The number of aliphatic carboxylic acids is 1. The lowest BCUT2D eigenvalue weighted by molar-refractivity contribution is -0.143. The van der Waals surface area contributed by atoms with E-state index < -0.39 is 17.9 Å². The van der Waals surface area contributed by atoms with E-state index in [2.05, 4.69) is 5.32 Å². The lowest BCUT2D eigenvalue weighted by Gasteiger charge is -2.18. The van der Waals surface area contributed by atoms with Crippen molar-refractivity contribution in [2.24, 2.45) is 5.92 Å². The maximum absolute atomic E-state index is 11.8. The van der Waals surface area contributed by atoms with Crippen LogP contribution >= 0.6 is 0 Å². The van der Waals surface area contributed by atoms with Crippen LogP contribution in [-0.2, 0) is 9.59 Å². The third-order valence-electron chi connectivity index (χ3n) is 3.37. The van der Waals surface area contributed by atoms with E-state index in [1.54, 1.807) is 13.8 Å². The number of aryl methyl sites for hydroxylation is 2. The molecule has 0 spiro atoms. The van der Waals surface area contributed by atoms with Gasteiger partial charge >= 0.3 is 5.97 Å². The van der Waals surface area contributed by atoms with Gasteiger partial charge in [-0.3, -0.25) is 4.79 Å². The average molecular weight is 293 g/mol. The largest absolute Gasteiger partial charge is 0.483 e. The summed E-state index contributed by atoms with van der Waals surface area (Å²) in [4.78, 5) is 22.9. The van der Waals surface area contributed by atoms with Crippen molar-refractivity contribution in [3.05, 3.63) is 28.8 Å². The number of carboxylic acids is 1. The van der Waals surface area contributed by atoms with Gasteiger partial charge in [-0.25, -0.2) is 4.79 Å². The number of carboxylic acid groups (broad SMARTS) is 1. The summed E-state index contributed by atoms with van der Waals surface area (Å²) in [6.45, 7) is 9.16. The number of hydrogen-bond acceptors (Lipinski definition) is 3. The Morgan fingerprint density at radius 2 is 1.86 bits per heavy atom. The average Bonchev–Trinajstić information content (AvgIpc) is 2.37. The fraction of sp³-hybridized carbons (Fsp3) is 0.500. The first-order valence-corrected chi connectivity index (χ1v) is 6.95. The molecule has 0 aliphatic heterocycles. The second kappa shape index (κ2) is 7.11. The molecule has 1 amide bonds. The molecule has 0 saturated heterocycles. The third kappa shape index (κ3) is 4.77. The number of carbonyl (C=O) groups is 2. The van der Waals surface area contributed by atoms with Crippen molar-refractivity contribution >= 4 is 11.9 Å². The Hall–Kier alpha value is -2.04. The van der Waals surface area contributed by atoms with Crippen molar-refractivity contribution in [1.29, 1.82) is 0 Å². The van der Waals surface area contributed by atoms with Gasteiger partial charge in [-0.05, 0) is 49.4 Å². The lowest BCUT2D eigenvalue weighted by Crippen LogP contribution is -2.46. The van der Waals surface area contributed by atoms with Crippen LogP contribution in [0.15, 0.2) is 12.1 Å². The minimum Gasteiger partial charge on any atom is -0.483 e. The molecular formula is C16H23NO4. The van der Waals surface area contributed by atoms with Crippen molar-refractivity contribution in [3.63, 3.8) is 0 Å². The molecule has 0 aliphatic rings. The Labute approximate surface area is 125 Å². The van der Waals surface area contributed by atoms with Gasteiger partial charge in [-0.1, -0.05) is 19.9 Å². The second-order valence-corrected chi connectivity index (χ2v) is 5.62. The summed E-state index contributed by atoms with van der Waals surface area (Å²) < 4.78 is 5.52. The van der Waals surface area contributed by atoms with E-state index in [4.69, 9.17) is 9.84 Å². The quantitative estimate of drug-likeness (QED) is 0.843. The van der Waals surface area contributed by atoms with Gasteiger partial charge in [0, 0.05) is 0 Å². The SMILES string of the molecule is Cc1cc(C)c(C)c(OCC(=O)N[C@@H](C(=O)O)C(C)C)c1. The van der Waals surface area contributed by atoms with E-state index >= 15 is 0 Å². The summed E-state index contributed by atoms with van der Waals surface area (Å²) in [7, 11) is 0. The molecule has 0 fully saturated rings. The highest BCUT2D eigenvalue weighted by Gasteiger charge is 2.23. The monoisotopic (exact) mass is 293 g/mol. The molecule has 0 bridgehead atoms. The number of ether oxygens (including phenoxy) is 1. The summed E-state index contributed by atoms with van der Waals surface area (Å²) in [6, 6.07) is 3.01. The highest BCUT2D eigenvalue weighted by atomic mass is 16.5. The number of amides is 1. The number of nitrogens with one attached hydrogen (secondary N) is 1. The fourth-order valence-electron chi connectivity index (χ4n) is 2.02. The standard InChI is InChI=1S/C16H23NO4/c1-9(2)15(16(19)20)17-14(18)8-21-13-7-10(3)6-11(4)12(13)5/h6-7,9,15H,8H2,1-5H3,(H,17,18)(H,19,20)/t15-/m1/s1. The molecule has 0 aliphatic carbocycles. The van der Waals surface area contributed by atoms with E-state index in [1.165, 1.54) is 0 Å². The molecule has 0 aromatic heterocycles. The van der Waals surface area contributed by atoms with Crippen LogP contribution in [0.3, 0.4) is 0 Å². The summed E-state index contributed by atoms with van der Waals surface area (Å²) in [6.07, 6.45) is 0. The van der Waals surface area contributed by atoms with Crippen molar-refractivity contribution < 1.29 is 19.4 Å². The van der Waals surface area contributed by atoms with Crippen LogP contribution in [0.5, 0.6) is 5.75 Å². The maximum Gasteiger partial charge on any atom is 0.326 e. The third-order valence-corrected chi connectivity index (χ3v) is 3.37. The molecule has 0 radical (unpaired) electrons. The van der Waals surface area contributed by atoms with Gasteiger partial charge in [-0.15, -0.1) is 0 Å². The second-order valence-electron chi connectivity index (χ2n) is 5.62.